The van der Waals surface area contributed by atoms with E-state index in [1.165, 1.54) is 19.3 Å². The molecule has 18 heavy (non-hydrogen) atoms. The zero-order chi connectivity index (χ0) is 12.8. The molecule has 3 atom stereocenters. The van der Waals surface area contributed by atoms with Gasteiger partial charge in [-0.15, -0.1) is 0 Å². The minimum atomic E-state index is -0.629. The predicted octanol–water partition coefficient (Wildman–Crippen LogP) is 2.08. The summed E-state index contributed by atoms with van der Waals surface area (Å²) in [6, 6.07) is 0.682. The number of rotatable bonds is 6. The SMILES string of the molecule is CCNC1CCCC1CCS(=O)C1CCOCC1. The van der Waals surface area contributed by atoms with E-state index in [9.17, 15) is 4.21 Å². The van der Waals surface area contributed by atoms with Gasteiger partial charge in [-0.1, -0.05) is 13.3 Å². The Labute approximate surface area is 114 Å². The van der Waals surface area contributed by atoms with Gasteiger partial charge >= 0.3 is 0 Å². The number of nitrogens with one attached hydrogen (secondary N) is 1. The monoisotopic (exact) mass is 273 g/mol. The van der Waals surface area contributed by atoms with Crippen LogP contribution in [0, 0.1) is 5.92 Å². The van der Waals surface area contributed by atoms with Crippen molar-refractivity contribution in [3.63, 3.8) is 0 Å². The van der Waals surface area contributed by atoms with Crippen molar-refractivity contribution in [1.29, 1.82) is 0 Å². The normalized spacial score (nSPS) is 31.6. The number of hydrogen-bond donors (Lipinski definition) is 1. The van der Waals surface area contributed by atoms with Crippen LogP contribution in [0.3, 0.4) is 0 Å². The molecule has 2 rings (SSSR count). The first kappa shape index (κ1) is 14.5. The first-order chi connectivity index (χ1) is 8.81. The molecule has 106 valence electrons. The van der Waals surface area contributed by atoms with Crippen LogP contribution in [-0.2, 0) is 15.5 Å². The van der Waals surface area contributed by atoms with Gasteiger partial charge in [0.15, 0.2) is 0 Å². The lowest BCUT2D eigenvalue weighted by molar-refractivity contribution is 0.0992. The van der Waals surface area contributed by atoms with E-state index >= 15 is 0 Å². The first-order valence-corrected chi connectivity index (χ1v) is 8.87. The van der Waals surface area contributed by atoms with Crippen LogP contribution < -0.4 is 5.32 Å². The molecule has 1 aliphatic heterocycles. The quantitative estimate of drug-likeness (QED) is 0.805. The second-order valence-corrected chi connectivity index (χ2v) is 7.38. The fourth-order valence-electron chi connectivity index (χ4n) is 3.29. The molecule has 1 heterocycles. The first-order valence-electron chi connectivity index (χ1n) is 7.49. The highest BCUT2D eigenvalue weighted by Crippen LogP contribution is 2.29. The highest BCUT2D eigenvalue weighted by molar-refractivity contribution is 7.85. The Balaban J connectivity index is 1.71. The Morgan fingerprint density at radius 1 is 1.22 bits per heavy atom. The second-order valence-electron chi connectivity index (χ2n) is 5.54. The molecule has 2 fully saturated rings. The summed E-state index contributed by atoms with van der Waals surface area (Å²) in [6.07, 6.45) is 7.10. The van der Waals surface area contributed by atoms with Crippen LogP contribution in [0.25, 0.3) is 0 Å². The van der Waals surface area contributed by atoms with Gasteiger partial charge in [-0.25, -0.2) is 0 Å². The molecule has 0 aromatic heterocycles. The summed E-state index contributed by atoms with van der Waals surface area (Å²) in [6.45, 7) is 4.85. The van der Waals surface area contributed by atoms with Crippen LogP contribution in [0.2, 0.25) is 0 Å². The molecule has 3 unspecified atom stereocenters. The maximum Gasteiger partial charge on any atom is 0.0477 e. The molecule has 0 aromatic rings. The molecule has 0 radical (unpaired) electrons. The Kier molecular flexibility index (Phi) is 6.12. The van der Waals surface area contributed by atoms with Gasteiger partial charge in [0.05, 0.1) is 0 Å². The van der Waals surface area contributed by atoms with E-state index in [2.05, 4.69) is 12.2 Å². The largest absolute Gasteiger partial charge is 0.381 e. The van der Waals surface area contributed by atoms with E-state index in [-0.39, 0.29) is 0 Å². The molecule has 0 bridgehead atoms. The summed E-state index contributed by atoms with van der Waals surface area (Å²) in [5.74, 6) is 1.66. The Morgan fingerprint density at radius 2 is 2.00 bits per heavy atom. The highest BCUT2D eigenvalue weighted by atomic mass is 32.2. The lowest BCUT2D eigenvalue weighted by Crippen LogP contribution is -2.33. The van der Waals surface area contributed by atoms with Crippen molar-refractivity contribution in [2.75, 3.05) is 25.5 Å². The zero-order valence-electron chi connectivity index (χ0n) is 11.5. The fraction of sp³-hybridized carbons (Fsp3) is 1.00. The third-order valence-electron chi connectivity index (χ3n) is 4.36. The van der Waals surface area contributed by atoms with Crippen molar-refractivity contribution in [2.24, 2.45) is 5.92 Å². The maximum atomic E-state index is 12.3. The fourth-order valence-corrected chi connectivity index (χ4v) is 4.87. The van der Waals surface area contributed by atoms with Crippen LogP contribution in [0.1, 0.15) is 45.4 Å². The lowest BCUT2D eigenvalue weighted by atomic mass is 10.0. The smallest absolute Gasteiger partial charge is 0.0477 e. The van der Waals surface area contributed by atoms with Gasteiger partial charge in [0, 0.05) is 41.1 Å². The molecule has 1 N–H and O–H groups in total. The predicted molar refractivity (Wildman–Crippen MR) is 76.3 cm³/mol. The third-order valence-corrected chi connectivity index (χ3v) is 6.21. The van der Waals surface area contributed by atoms with E-state index < -0.39 is 10.8 Å². The number of hydrogen-bond acceptors (Lipinski definition) is 3. The molecule has 1 saturated heterocycles. The summed E-state index contributed by atoms with van der Waals surface area (Å²) in [4.78, 5) is 0. The molecule has 2 aliphatic rings. The highest BCUT2D eigenvalue weighted by Gasteiger charge is 2.28. The van der Waals surface area contributed by atoms with E-state index in [0.29, 0.717) is 11.3 Å². The van der Waals surface area contributed by atoms with Crippen LogP contribution >= 0.6 is 0 Å². The van der Waals surface area contributed by atoms with Crippen LogP contribution in [0.5, 0.6) is 0 Å². The van der Waals surface area contributed by atoms with Crippen molar-refractivity contribution >= 4 is 10.8 Å². The minimum absolute atomic E-state index is 0.401. The van der Waals surface area contributed by atoms with Crippen molar-refractivity contribution in [3.8, 4) is 0 Å². The van der Waals surface area contributed by atoms with Gasteiger partial charge in [-0.05, 0) is 44.6 Å². The van der Waals surface area contributed by atoms with Crippen molar-refractivity contribution in [3.05, 3.63) is 0 Å². The molecular formula is C14H27NO2S. The van der Waals surface area contributed by atoms with Gasteiger partial charge in [0.2, 0.25) is 0 Å². The van der Waals surface area contributed by atoms with Gasteiger partial charge < -0.3 is 10.1 Å². The van der Waals surface area contributed by atoms with Crippen molar-refractivity contribution in [1.82, 2.24) is 5.32 Å². The standard InChI is InChI=1S/C14H27NO2S/c1-2-15-14-5-3-4-12(14)8-11-18(16)13-6-9-17-10-7-13/h12-15H,2-11H2,1H3. The van der Waals surface area contributed by atoms with Gasteiger partial charge in [-0.2, -0.15) is 0 Å². The van der Waals surface area contributed by atoms with E-state index in [1.807, 2.05) is 0 Å². The second kappa shape index (κ2) is 7.61. The van der Waals surface area contributed by atoms with Crippen LogP contribution in [0.15, 0.2) is 0 Å². The molecule has 4 heteroatoms. The molecule has 1 aliphatic carbocycles. The van der Waals surface area contributed by atoms with Crippen LogP contribution in [-0.4, -0.2) is 41.0 Å². The molecule has 0 spiro atoms. The Bertz CT molecular complexity index is 267. The van der Waals surface area contributed by atoms with E-state index in [4.69, 9.17) is 4.74 Å². The third kappa shape index (κ3) is 4.04. The molecular weight excluding hydrogens is 246 g/mol. The topological polar surface area (TPSA) is 38.3 Å². The van der Waals surface area contributed by atoms with E-state index in [0.717, 1.165) is 50.7 Å². The molecule has 0 amide bonds. The summed E-state index contributed by atoms with van der Waals surface area (Å²) in [7, 11) is -0.629. The minimum Gasteiger partial charge on any atom is -0.381 e. The molecule has 1 saturated carbocycles. The Hall–Kier alpha value is 0.0700. The van der Waals surface area contributed by atoms with Crippen LogP contribution in [0.4, 0.5) is 0 Å². The van der Waals surface area contributed by atoms with E-state index in [1.54, 1.807) is 0 Å². The van der Waals surface area contributed by atoms with Gasteiger partial charge in [0.1, 0.15) is 0 Å². The van der Waals surface area contributed by atoms with Crippen molar-refractivity contribution < 1.29 is 8.95 Å². The average Bonchev–Trinajstić information content (AvgIpc) is 2.85. The summed E-state index contributed by atoms with van der Waals surface area (Å²) < 4.78 is 17.6. The summed E-state index contributed by atoms with van der Waals surface area (Å²) >= 11 is 0. The Morgan fingerprint density at radius 3 is 2.72 bits per heavy atom. The zero-order valence-corrected chi connectivity index (χ0v) is 12.3. The maximum absolute atomic E-state index is 12.3. The lowest BCUT2D eigenvalue weighted by Gasteiger charge is -2.24. The average molecular weight is 273 g/mol. The number of ether oxygens (including phenoxy) is 1. The summed E-state index contributed by atoms with van der Waals surface area (Å²) in [5.41, 5.74) is 0. The molecule has 0 aromatic carbocycles. The summed E-state index contributed by atoms with van der Waals surface area (Å²) in [5, 5.41) is 3.98. The van der Waals surface area contributed by atoms with Gasteiger partial charge in [0.25, 0.3) is 0 Å². The van der Waals surface area contributed by atoms with Crippen molar-refractivity contribution in [2.45, 2.75) is 56.7 Å². The van der Waals surface area contributed by atoms with Gasteiger partial charge in [-0.3, -0.25) is 4.21 Å². The molecule has 3 nitrogen and oxygen atoms in total.